The Hall–Kier alpha value is -2.44. The zero-order chi connectivity index (χ0) is 20.1. The van der Waals surface area contributed by atoms with Crippen LogP contribution in [0, 0.1) is 0 Å². The molecule has 1 fully saturated rings. The van der Waals surface area contributed by atoms with Crippen molar-refractivity contribution in [3.05, 3.63) is 65.7 Å². The fraction of sp³-hybridized carbons (Fsp3) is 0.318. The highest BCUT2D eigenvalue weighted by Crippen LogP contribution is 2.21. The van der Waals surface area contributed by atoms with Crippen LogP contribution >= 0.6 is 0 Å². The number of hydrogen-bond acceptors (Lipinski definition) is 4. The van der Waals surface area contributed by atoms with Gasteiger partial charge in [0.2, 0.25) is 10.0 Å². The molecule has 0 spiro atoms. The number of hydrogen-bond donors (Lipinski definition) is 0. The SMILES string of the molecule is CN(C)c1ccc(/C=C\C(=O)c2ccc(S(=O)(=O)N3CCCCC3)cc2)cc1. The fourth-order valence-electron chi connectivity index (χ4n) is 3.20. The third kappa shape index (κ3) is 4.69. The maximum absolute atomic E-state index is 12.7. The van der Waals surface area contributed by atoms with Crippen LogP contribution in [0.25, 0.3) is 6.08 Å². The standard InChI is InChI=1S/C22H26N2O3S/c1-23(2)20-11-6-18(7-12-20)8-15-22(25)19-9-13-21(14-10-19)28(26,27)24-16-4-3-5-17-24/h6-15H,3-5,16-17H2,1-2H3/b15-8-. The lowest BCUT2D eigenvalue weighted by molar-refractivity contribution is 0.104. The van der Waals surface area contributed by atoms with E-state index in [0.717, 1.165) is 30.5 Å². The van der Waals surface area contributed by atoms with Gasteiger partial charge in [-0.15, -0.1) is 0 Å². The molecule has 0 bridgehead atoms. The van der Waals surface area contributed by atoms with Crippen molar-refractivity contribution >= 4 is 27.6 Å². The summed E-state index contributed by atoms with van der Waals surface area (Å²) in [4.78, 5) is 14.7. The second-order valence-corrected chi connectivity index (χ2v) is 9.11. The molecule has 0 radical (unpaired) electrons. The van der Waals surface area contributed by atoms with E-state index in [4.69, 9.17) is 0 Å². The summed E-state index contributed by atoms with van der Waals surface area (Å²) >= 11 is 0. The molecule has 2 aromatic rings. The maximum atomic E-state index is 12.7. The Balaban J connectivity index is 1.69. The van der Waals surface area contributed by atoms with Crippen LogP contribution in [0.15, 0.2) is 59.5 Å². The van der Waals surface area contributed by atoms with Crippen molar-refractivity contribution in [2.75, 3.05) is 32.1 Å². The molecule has 1 aliphatic heterocycles. The molecule has 0 atom stereocenters. The summed E-state index contributed by atoms with van der Waals surface area (Å²) in [6.45, 7) is 1.14. The van der Waals surface area contributed by atoms with Crippen LogP contribution in [0.5, 0.6) is 0 Å². The van der Waals surface area contributed by atoms with Gasteiger partial charge < -0.3 is 4.90 Å². The molecule has 5 nitrogen and oxygen atoms in total. The lowest BCUT2D eigenvalue weighted by Gasteiger charge is -2.25. The van der Waals surface area contributed by atoms with Gasteiger partial charge in [-0.25, -0.2) is 8.42 Å². The van der Waals surface area contributed by atoms with E-state index in [1.54, 1.807) is 18.2 Å². The molecule has 0 aliphatic carbocycles. The Morgan fingerprint density at radius 2 is 1.54 bits per heavy atom. The molecule has 0 amide bonds. The third-order valence-corrected chi connectivity index (χ3v) is 6.84. The predicted octanol–water partition coefficient (Wildman–Crippen LogP) is 3.82. The zero-order valence-electron chi connectivity index (χ0n) is 16.3. The van der Waals surface area contributed by atoms with Crippen molar-refractivity contribution in [2.45, 2.75) is 24.2 Å². The normalized spacial score (nSPS) is 15.6. The third-order valence-electron chi connectivity index (χ3n) is 4.93. The van der Waals surface area contributed by atoms with Crippen LogP contribution in [-0.4, -0.2) is 45.7 Å². The number of ketones is 1. The number of sulfonamides is 1. The van der Waals surface area contributed by atoms with Crippen LogP contribution in [0.2, 0.25) is 0 Å². The van der Waals surface area contributed by atoms with Crippen molar-refractivity contribution in [1.29, 1.82) is 0 Å². The summed E-state index contributed by atoms with van der Waals surface area (Å²) < 4.78 is 26.9. The summed E-state index contributed by atoms with van der Waals surface area (Å²) in [5.74, 6) is -0.154. The fourth-order valence-corrected chi connectivity index (χ4v) is 4.71. The quantitative estimate of drug-likeness (QED) is 0.548. The first kappa shape index (κ1) is 20.3. The van der Waals surface area contributed by atoms with E-state index in [1.165, 1.54) is 22.5 Å². The van der Waals surface area contributed by atoms with Gasteiger partial charge in [0, 0.05) is 38.4 Å². The van der Waals surface area contributed by atoms with E-state index in [1.807, 2.05) is 43.3 Å². The molecule has 1 saturated heterocycles. The maximum Gasteiger partial charge on any atom is 0.243 e. The number of benzene rings is 2. The first-order valence-corrected chi connectivity index (χ1v) is 10.9. The lowest BCUT2D eigenvalue weighted by atomic mass is 10.1. The van der Waals surface area contributed by atoms with Gasteiger partial charge in [0.1, 0.15) is 0 Å². The molecule has 28 heavy (non-hydrogen) atoms. The topological polar surface area (TPSA) is 57.7 Å². The monoisotopic (exact) mass is 398 g/mol. The number of piperidine rings is 1. The van der Waals surface area contributed by atoms with Crippen LogP contribution in [0.4, 0.5) is 5.69 Å². The highest BCUT2D eigenvalue weighted by molar-refractivity contribution is 7.89. The molecule has 0 aromatic heterocycles. The molecule has 0 N–H and O–H groups in total. The van der Waals surface area contributed by atoms with Crippen molar-refractivity contribution in [3.63, 3.8) is 0 Å². The molecule has 6 heteroatoms. The van der Waals surface area contributed by atoms with Gasteiger partial charge >= 0.3 is 0 Å². The molecule has 148 valence electrons. The molecular weight excluding hydrogens is 372 g/mol. The van der Waals surface area contributed by atoms with E-state index in [2.05, 4.69) is 0 Å². The van der Waals surface area contributed by atoms with E-state index in [0.29, 0.717) is 18.7 Å². The average Bonchev–Trinajstić information content (AvgIpc) is 2.73. The summed E-state index contributed by atoms with van der Waals surface area (Å²) in [5.41, 5.74) is 2.50. The van der Waals surface area contributed by atoms with Crippen molar-refractivity contribution in [3.8, 4) is 0 Å². The molecule has 1 heterocycles. The highest BCUT2D eigenvalue weighted by Gasteiger charge is 2.25. The molecule has 0 saturated carbocycles. The minimum Gasteiger partial charge on any atom is -0.378 e. The van der Waals surface area contributed by atoms with Crippen LogP contribution in [0.1, 0.15) is 35.2 Å². The Kier molecular flexibility index (Phi) is 6.31. The van der Waals surface area contributed by atoms with Gasteiger partial charge in [-0.1, -0.05) is 24.6 Å². The molecule has 1 aliphatic rings. The van der Waals surface area contributed by atoms with E-state index in [9.17, 15) is 13.2 Å². The Labute approximate surface area is 167 Å². The summed E-state index contributed by atoms with van der Waals surface area (Å²) in [6, 6.07) is 14.1. The van der Waals surface area contributed by atoms with Gasteiger partial charge in [0.05, 0.1) is 4.90 Å². The Bertz CT molecular complexity index is 940. The first-order chi connectivity index (χ1) is 13.4. The molecule has 0 unspecified atom stereocenters. The van der Waals surface area contributed by atoms with Gasteiger partial charge in [-0.05, 0) is 60.9 Å². The largest absolute Gasteiger partial charge is 0.378 e. The number of allylic oxidation sites excluding steroid dienone is 1. The van der Waals surface area contributed by atoms with Crippen LogP contribution < -0.4 is 4.90 Å². The van der Waals surface area contributed by atoms with Crippen molar-refractivity contribution < 1.29 is 13.2 Å². The van der Waals surface area contributed by atoms with Crippen LogP contribution in [0.3, 0.4) is 0 Å². The summed E-state index contributed by atoms with van der Waals surface area (Å²) in [5, 5.41) is 0. The Morgan fingerprint density at radius 3 is 2.11 bits per heavy atom. The molecule has 3 rings (SSSR count). The van der Waals surface area contributed by atoms with Crippen molar-refractivity contribution in [1.82, 2.24) is 4.31 Å². The number of nitrogens with zero attached hydrogens (tertiary/aromatic N) is 2. The minimum absolute atomic E-state index is 0.154. The second-order valence-electron chi connectivity index (χ2n) is 7.17. The van der Waals surface area contributed by atoms with Crippen molar-refractivity contribution in [2.24, 2.45) is 0 Å². The highest BCUT2D eigenvalue weighted by atomic mass is 32.2. The first-order valence-electron chi connectivity index (χ1n) is 9.48. The lowest BCUT2D eigenvalue weighted by Crippen LogP contribution is -2.35. The number of carbonyl (C=O) groups is 1. The second kappa shape index (κ2) is 8.71. The smallest absolute Gasteiger partial charge is 0.243 e. The number of anilines is 1. The van der Waals surface area contributed by atoms with E-state index in [-0.39, 0.29) is 10.7 Å². The zero-order valence-corrected chi connectivity index (χ0v) is 17.2. The molecule has 2 aromatic carbocycles. The minimum atomic E-state index is -3.47. The van der Waals surface area contributed by atoms with Gasteiger partial charge in [-0.3, -0.25) is 4.79 Å². The average molecular weight is 399 g/mol. The Morgan fingerprint density at radius 1 is 0.929 bits per heavy atom. The molecular formula is C22H26N2O3S. The summed E-state index contributed by atoms with van der Waals surface area (Å²) in [6.07, 6.45) is 6.15. The van der Waals surface area contributed by atoms with E-state index < -0.39 is 10.0 Å². The number of rotatable bonds is 6. The van der Waals surface area contributed by atoms with Gasteiger partial charge in [0.15, 0.2) is 5.78 Å². The van der Waals surface area contributed by atoms with Crippen LogP contribution in [-0.2, 0) is 10.0 Å². The predicted molar refractivity (Wildman–Crippen MR) is 113 cm³/mol. The van der Waals surface area contributed by atoms with E-state index >= 15 is 0 Å². The van der Waals surface area contributed by atoms with Gasteiger partial charge in [-0.2, -0.15) is 4.31 Å². The number of carbonyl (C=O) groups excluding carboxylic acids is 1. The van der Waals surface area contributed by atoms with Gasteiger partial charge in [0.25, 0.3) is 0 Å². The summed E-state index contributed by atoms with van der Waals surface area (Å²) in [7, 11) is 0.481.